The summed E-state index contributed by atoms with van der Waals surface area (Å²) in [5.74, 6) is 1.82. The quantitative estimate of drug-likeness (QED) is 0.917. The highest BCUT2D eigenvalue weighted by molar-refractivity contribution is 5.45. The van der Waals surface area contributed by atoms with Crippen LogP contribution >= 0.6 is 0 Å². The van der Waals surface area contributed by atoms with E-state index in [1.807, 2.05) is 6.07 Å². The van der Waals surface area contributed by atoms with Crippen LogP contribution in [0.25, 0.3) is 0 Å². The van der Waals surface area contributed by atoms with Crippen LogP contribution in [0.15, 0.2) is 36.7 Å². The molecule has 2 aromatic rings. The Balaban J connectivity index is 2.01. The molecule has 1 atom stereocenters. The van der Waals surface area contributed by atoms with Crippen LogP contribution in [0.3, 0.4) is 0 Å². The Labute approximate surface area is 125 Å². The van der Waals surface area contributed by atoms with E-state index in [1.54, 1.807) is 19.5 Å². The molecule has 0 spiro atoms. The minimum absolute atomic E-state index is 0.0962. The highest BCUT2D eigenvalue weighted by Gasteiger charge is 2.20. The van der Waals surface area contributed by atoms with Crippen LogP contribution in [0.2, 0.25) is 0 Å². The summed E-state index contributed by atoms with van der Waals surface area (Å²) in [6, 6.07) is 8.53. The molecule has 110 valence electrons. The zero-order chi connectivity index (χ0) is 14.7. The molecule has 1 unspecified atom stereocenters. The fourth-order valence-electron chi connectivity index (χ4n) is 2.80. The number of benzene rings is 1. The van der Waals surface area contributed by atoms with Gasteiger partial charge >= 0.3 is 0 Å². The van der Waals surface area contributed by atoms with E-state index in [0.29, 0.717) is 0 Å². The molecule has 0 saturated carbocycles. The van der Waals surface area contributed by atoms with Crippen LogP contribution in [0, 0.1) is 0 Å². The van der Waals surface area contributed by atoms with Gasteiger partial charge in [0.05, 0.1) is 26.0 Å². The van der Waals surface area contributed by atoms with Crippen LogP contribution in [-0.2, 0) is 6.42 Å². The Morgan fingerprint density at radius 1 is 1.38 bits per heavy atom. The molecule has 0 bridgehead atoms. The monoisotopic (exact) mass is 284 g/mol. The molecule has 1 N–H and O–H groups in total. The molecule has 4 nitrogen and oxygen atoms in total. The SMILES string of the molecule is CCNC(c1ccc2c(c1)CCO2)c1ccncc1OC. The van der Waals surface area contributed by atoms with Gasteiger partial charge in [-0.15, -0.1) is 0 Å². The third kappa shape index (κ3) is 2.72. The van der Waals surface area contributed by atoms with Crippen molar-refractivity contribution in [3.8, 4) is 11.5 Å². The van der Waals surface area contributed by atoms with Crippen molar-refractivity contribution in [1.29, 1.82) is 0 Å². The lowest BCUT2D eigenvalue weighted by Crippen LogP contribution is -2.22. The van der Waals surface area contributed by atoms with Gasteiger partial charge in [-0.3, -0.25) is 4.98 Å². The summed E-state index contributed by atoms with van der Waals surface area (Å²) in [5.41, 5.74) is 3.61. The molecule has 21 heavy (non-hydrogen) atoms. The van der Waals surface area contributed by atoms with Crippen molar-refractivity contribution in [2.24, 2.45) is 0 Å². The highest BCUT2D eigenvalue weighted by atomic mass is 16.5. The Morgan fingerprint density at radius 3 is 3.10 bits per heavy atom. The van der Waals surface area contributed by atoms with Crippen molar-refractivity contribution in [2.75, 3.05) is 20.3 Å². The lowest BCUT2D eigenvalue weighted by molar-refractivity contribution is 0.356. The van der Waals surface area contributed by atoms with Crippen LogP contribution in [0.1, 0.15) is 29.7 Å². The van der Waals surface area contributed by atoms with Gasteiger partial charge in [0, 0.05) is 18.2 Å². The van der Waals surface area contributed by atoms with Gasteiger partial charge in [0.25, 0.3) is 0 Å². The molecule has 2 heterocycles. The predicted molar refractivity (Wildman–Crippen MR) is 81.9 cm³/mol. The van der Waals surface area contributed by atoms with Crippen molar-refractivity contribution < 1.29 is 9.47 Å². The largest absolute Gasteiger partial charge is 0.495 e. The highest BCUT2D eigenvalue weighted by Crippen LogP contribution is 2.33. The molecule has 4 heteroatoms. The summed E-state index contributed by atoms with van der Waals surface area (Å²) >= 11 is 0. The molecule has 1 aromatic heterocycles. The number of nitrogens with zero attached hydrogens (tertiary/aromatic N) is 1. The molecule has 0 aliphatic carbocycles. The molecule has 0 amide bonds. The normalized spacial score (nSPS) is 14.4. The Morgan fingerprint density at radius 2 is 2.29 bits per heavy atom. The molecule has 1 aromatic carbocycles. The fourth-order valence-corrected chi connectivity index (χ4v) is 2.80. The van der Waals surface area contributed by atoms with Crippen LogP contribution < -0.4 is 14.8 Å². The Hall–Kier alpha value is -2.07. The Bertz CT molecular complexity index is 628. The maximum absolute atomic E-state index is 5.59. The van der Waals surface area contributed by atoms with Gasteiger partial charge in [-0.2, -0.15) is 0 Å². The van der Waals surface area contributed by atoms with E-state index in [9.17, 15) is 0 Å². The van der Waals surface area contributed by atoms with E-state index < -0.39 is 0 Å². The van der Waals surface area contributed by atoms with Gasteiger partial charge in [-0.25, -0.2) is 0 Å². The number of methoxy groups -OCH3 is 1. The third-order valence-electron chi connectivity index (χ3n) is 3.80. The van der Waals surface area contributed by atoms with E-state index in [0.717, 1.165) is 36.6 Å². The van der Waals surface area contributed by atoms with Crippen molar-refractivity contribution in [2.45, 2.75) is 19.4 Å². The maximum atomic E-state index is 5.59. The van der Waals surface area contributed by atoms with Crippen molar-refractivity contribution in [3.63, 3.8) is 0 Å². The fraction of sp³-hybridized carbons (Fsp3) is 0.353. The van der Waals surface area contributed by atoms with Crippen molar-refractivity contribution in [1.82, 2.24) is 10.3 Å². The third-order valence-corrected chi connectivity index (χ3v) is 3.80. The zero-order valence-corrected chi connectivity index (χ0v) is 12.4. The second-order valence-corrected chi connectivity index (χ2v) is 5.07. The second-order valence-electron chi connectivity index (χ2n) is 5.07. The van der Waals surface area contributed by atoms with Gasteiger partial charge in [0.2, 0.25) is 0 Å². The minimum atomic E-state index is 0.0962. The maximum Gasteiger partial charge on any atom is 0.142 e. The first-order chi connectivity index (χ1) is 10.3. The molecule has 3 rings (SSSR count). The number of rotatable bonds is 5. The summed E-state index contributed by atoms with van der Waals surface area (Å²) in [7, 11) is 1.68. The molecule has 1 aliphatic heterocycles. The number of ether oxygens (including phenoxy) is 2. The van der Waals surface area contributed by atoms with Crippen LogP contribution in [-0.4, -0.2) is 25.2 Å². The van der Waals surface area contributed by atoms with Gasteiger partial charge < -0.3 is 14.8 Å². The van der Waals surface area contributed by atoms with E-state index in [4.69, 9.17) is 9.47 Å². The lowest BCUT2D eigenvalue weighted by atomic mass is 9.96. The first kappa shape index (κ1) is 13.9. The minimum Gasteiger partial charge on any atom is -0.495 e. The summed E-state index contributed by atoms with van der Waals surface area (Å²) < 4.78 is 11.0. The van der Waals surface area contributed by atoms with Crippen LogP contribution in [0.4, 0.5) is 0 Å². The van der Waals surface area contributed by atoms with Gasteiger partial charge in [-0.1, -0.05) is 19.1 Å². The van der Waals surface area contributed by atoms with E-state index in [-0.39, 0.29) is 6.04 Å². The summed E-state index contributed by atoms with van der Waals surface area (Å²) in [6.07, 6.45) is 4.55. The topological polar surface area (TPSA) is 43.4 Å². The predicted octanol–water partition coefficient (Wildman–Crippen LogP) is 2.72. The zero-order valence-electron chi connectivity index (χ0n) is 12.4. The number of hydrogen-bond acceptors (Lipinski definition) is 4. The van der Waals surface area contributed by atoms with E-state index in [1.165, 1.54) is 11.1 Å². The lowest BCUT2D eigenvalue weighted by Gasteiger charge is -2.21. The number of nitrogens with one attached hydrogen (secondary N) is 1. The molecule has 0 radical (unpaired) electrons. The van der Waals surface area contributed by atoms with E-state index in [2.05, 4.69) is 35.4 Å². The number of aromatic nitrogens is 1. The van der Waals surface area contributed by atoms with Gasteiger partial charge in [0.15, 0.2) is 0 Å². The molecule has 0 saturated heterocycles. The average molecular weight is 284 g/mol. The first-order valence-corrected chi connectivity index (χ1v) is 7.30. The summed E-state index contributed by atoms with van der Waals surface area (Å²) in [4.78, 5) is 4.14. The molecular weight excluding hydrogens is 264 g/mol. The smallest absolute Gasteiger partial charge is 0.142 e. The van der Waals surface area contributed by atoms with Gasteiger partial charge in [-0.05, 0) is 29.8 Å². The summed E-state index contributed by atoms with van der Waals surface area (Å²) in [5, 5.41) is 3.53. The number of fused-ring (bicyclic) bond motifs is 1. The van der Waals surface area contributed by atoms with Gasteiger partial charge in [0.1, 0.15) is 11.5 Å². The van der Waals surface area contributed by atoms with Crippen LogP contribution in [0.5, 0.6) is 11.5 Å². The molecule has 0 fully saturated rings. The summed E-state index contributed by atoms with van der Waals surface area (Å²) in [6.45, 7) is 3.77. The first-order valence-electron chi connectivity index (χ1n) is 7.30. The number of pyridine rings is 1. The van der Waals surface area contributed by atoms with Crippen molar-refractivity contribution in [3.05, 3.63) is 53.3 Å². The van der Waals surface area contributed by atoms with E-state index >= 15 is 0 Å². The molecule has 1 aliphatic rings. The molecular formula is C17H20N2O2. The second kappa shape index (κ2) is 6.14. The standard InChI is InChI=1S/C17H20N2O2/c1-3-19-17(14-6-8-18-11-16(14)20-2)13-4-5-15-12(10-13)7-9-21-15/h4-6,8,10-11,17,19H,3,7,9H2,1-2H3. The number of hydrogen-bond donors (Lipinski definition) is 1. The Kier molecular flexibility index (Phi) is 4.06. The average Bonchev–Trinajstić information content (AvgIpc) is 3.00. The van der Waals surface area contributed by atoms with Crippen molar-refractivity contribution >= 4 is 0 Å².